The number of nitrogens with two attached hydrogens (primary N) is 1. The predicted molar refractivity (Wildman–Crippen MR) is 134 cm³/mol. The molecule has 3 aliphatic rings. The number of carbonyl (C=O) groups is 2. The zero-order valence-corrected chi connectivity index (χ0v) is 21.6. The summed E-state index contributed by atoms with van der Waals surface area (Å²) in [5, 5.41) is 4.63. The van der Waals surface area contributed by atoms with Crippen LogP contribution in [0.5, 0.6) is 0 Å². The molecule has 1 aliphatic carbocycles. The summed E-state index contributed by atoms with van der Waals surface area (Å²) in [6.07, 6.45) is 1.83. The molecule has 0 bridgehead atoms. The Labute approximate surface area is 220 Å². The summed E-state index contributed by atoms with van der Waals surface area (Å²) in [5.74, 6) is -0.327. The molecule has 202 valence electrons. The van der Waals surface area contributed by atoms with Gasteiger partial charge in [0.2, 0.25) is 5.91 Å². The standard InChI is InChI=1S/C26H32F3N5O2.ClH/c1-16(24(30)35)32-13-10-18(11-14-32)34-23(17-8-9-17)20(15-31-34)25(36)33-12-4-7-22(33)19-5-2-3-6-21(19)26(27,28)29;/h2-3,5-6,15-18,22H,4,7-14H2,1H3,(H2,30,35);1H. The molecular weight excluding hydrogens is 507 g/mol. The number of aromatic nitrogens is 2. The number of likely N-dealkylation sites (tertiary alicyclic amines) is 2. The van der Waals surface area contributed by atoms with E-state index in [1.54, 1.807) is 17.2 Å². The van der Waals surface area contributed by atoms with E-state index < -0.39 is 17.8 Å². The van der Waals surface area contributed by atoms with Gasteiger partial charge in [-0.25, -0.2) is 0 Å². The second-order valence-corrected chi connectivity index (χ2v) is 10.2. The second-order valence-electron chi connectivity index (χ2n) is 10.2. The van der Waals surface area contributed by atoms with Gasteiger partial charge in [-0.3, -0.25) is 19.2 Å². The zero-order chi connectivity index (χ0) is 25.6. The summed E-state index contributed by atoms with van der Waals surface area (Å²) in [6.45, 7) is 3.66. The van der Waals surface area contributed by atoms with Gasteiger partial charge >= 0.3 is 6.18 Å². The van der Waals surface area contributed by atoms with Gasteiger partial charge in [-0.2, -0.15) is 18.3 Å². The lowest BCUT2D eigenvalue weighted by Gasteiger charge is -2.35. The number of benzene rings is 1. The van der Waals surface area contributed by atoms with Crippen molar-refractivity contribution in [1.82, 2.24) is 19.6 Å². The van der Waals surface area contributed by atoms with Crippen molar-refractivity contribution in [3.63, 3.8) is 0 Å². The zero-order valence-electron chi connectivity index (χ0n) is 20.8. The summed E-state index contributed by atoms with van der Waals surface area (Å²) >= 11 is 0. The molecule has 2 aromatic rings. The van der Waals surface area contributed by atoms with E-state index in [0.29, 0.717) is 38.0 Å². The summed E-state index contributed by atoms with van der Waals surface area (Å²) in [4.78, 5) is 29.0. The maximum absolute atomic E-state index is 13.8. The highest BCUT2D eigenvalue weighted by atomic mass is 35.5. The molecule has 2 amide bonds. The van der Waals surface area contributed by atoms with Crippen LogP contribution in [0.25, 0.3) is 0 Å². The number of piperidine rings is 1. The molecule has 3 heterocycles. The number of amides is 2. The van der Waals surface area contributed by atoms with Crippen LogP contribution in [0.3, 0.4) is 0 Å². The van der Waals surface area contributed by atoms with Crippen LogP contribution in [-0.4, -0.2) is 57.1 Å². The minimum atomic E-state index is -4.47. The Hall–Kier alpha value is -2.59. The first-order valence-corrected chi connectivity index (χ1v) is 12.7. The maximum atomic E-state index is 13.8. The molecule has 2 unspecified atom stereocenters. The van der Waals surface area contributed by atoms with Crippen molar-refractivity contribution in [1.29, 1.82) is 0 Å². The molecule has 0 radical (unpaired) electrons. The Morgan fingerprint density at radius 2 is 1.73 bits per heavy atom. The maximum Gasteiger partial charge on any atom is 0.416 e. The minimum Gasteiger partial charge on any atom is -0.368 e. The van der Waals surface area contributed by atoms with E-state index in [1.807, 2.05) is 11.6 Å². The molecule has 2 atom stereocenters. The van der Waals surface area contributed by atoms with Crippen LogP contribution >= 0.6 is 12.4 Å². The molecule has 2 N–H and O–H groups in total. The lowest BCUT2D eigenvalue weighted by molar-refractivity contribution is -0.138. The van der Waals surface area contributed by atoms with E-state index >= 15 is 0 Å². The van der Waals surface area contributed by atoms with Crippen molar-refractivity contribution in [2.75, 3.05) is 19.6 Å². The smallest absolute Gasteiger partial charge is 0.368 e. The van der Waals surface area contributed by atoms with Gasteiger partial charge in [-0.1, -0.05) is 18.2 Å². The molecule has 1 aromatic carbocycles. The highest BCUT2D eigenvalue weighted by Gasteiger charge is 2.42. The van der Waals surface area contributed by atoms with Crippen LogP contribution in [0.15, 0.2) is 30.5 Å². The Balaban J connectivity index is 0.00000320. The molecule has 2 aliphatic heterocycles. The van der Waals surface area contributed by atoms with E-state index in [4.69, 9.17) is 5.73 Å². The first-order chi connectivity index (χ1) is 17.2. The Morgan fingerprint density at radius 3 is 2.35 bits per heavy atom. The number of rotatable bonds is 6. The normalized spacial score (nSPS) is 22.1. The summed E-state index contributed by atoms with van der Waals surface area (Å²) in [6, 6.07) is 4.75. The van der Waals surface area contributed by atoms with Crippen LogP contribution in [-0.2, 0) is 11.0 Å². The van der Waals surface area contributed by atoms with Crippen molar-refractivity contribution in [2.24, 2.45) is 5.73 Å². The highest BCUT2D eigenvalue weighted by molar-refractivity contribution is 5.96. The lowest BCUT2D eigenvalue weighted by atomic mass is 9.97. The van der Waals surface area contributed by atoms with Gasteiger partial charge in [0.25, 0.3) is 5.91 Å². The third kappa shape index (κ3) is 5.36. The van der Waals surface area contributed by atoms with Crippen molar-refractivity contribution >= 4 is 24.2 Å². The molecule has 3 fully saturated rings. The first kappa shape index (κ1) is 27.4. The van der Waals surface area contributed by atoms with Crippen LogP contribution in [0, 0.1) is 0 Å². The number of hydrogen-bond acceptors (Lipinski definition) is 4. The Morgan fingerprint density at radius 1 is 1.05 bits per heavy atom. The lowest BCUT2D eigenvalue weighted by Crippen LogP contribution is -2.46. The predicted octanol–water partition coefficient (Wildman–Crippen LogP) is 4.69. The van der Waals surface area contributed by atoms with Gasteiger partial charge in [-0.15, -0.1) is 12.4 Å². The van der Waals surface area contributed by atoms with Gasteiger partial charge in [0, 0.05) is 25.6 Å². The number of primary amides is 1. The second kappa shape index (κ2) is 10.6. The van der Waals surface area contributed by atoms with E-state index in [9.17, 15) is 22.8 Å². The van der Waals surface area contributed by atoms with Gasteiger partial charge in [0.05, 0.1) is 41.1 Å². The Bertz CT molecular complexity index is 1140. The average Bonchev–Trinajstić information content (AvgIpc) is 3.40. The molecular formula is C26H33ClF3N5O2. The molecule has 1 saturated carbocycles. The number of halogens is 4. The number of carbonyl (C=O) groups excluding carboxylic acids is 2. The van der Waals surface area contributed by atoms with Crippen LogP contribution in [0.2, 0.25) is 0 Å². The first-order valence-electron chi connectivity index (χ1n) is 12.7. The monoisotopic (exact) mass is 539 g/mol. The van der Waals surface area contributed by atoms with E-state index in [-0.39, 0.29) is 47.8 Å². The average molecular weight is 540 g/mol. The van der Waals surface area contributed by atoms with E-state index in [2.05, 4.69) is 10.00 Å². The molecule has 5 rings (SSSR count). The van der Waals surface area contributed by atoms with Crippen molar-refractivity contribution in [2.45, 2.75) is 75.7 Å². The molecule has 7 nitrogen and oxygen atoms in total. The molecule has 11 heteroatoms. The summed E-state index contributed by atoms with van der Waals surface area (Å²) in [7, 11) is 0. The van der Waals surface area contributed by atoms with Gasteiger partial charge in [-0.05, 0) is 57.1 Å². The van der Waals surface area contributed by atoms with E-state index in [1.165, 1.54) is 12.1 Å². The minimum absolute atomic E-state index is 0. The van der Waals surface area contributed by atoms with Crippen molar-refractivity contribution in [3.05, 3.63) is 52.8 Å². The highest BCUT2D eigenvalue weighted by Crippen LogP contribution is 2.45. The van der Waals surface area contributed by atoms with Crippen molar-refractivity contribution < 1.29 is 22.8 Å². The van der Waals surface area contributed by atoms with Crippen LogP contribution in [0.1, 0.15) is 90.6 Å². The molecule has 0 spiro atoms. The van der Waals surface area contributed by atoms with Gasteiger partial charge in [0.15, 0.2) is 0 Å². The fourth-order valence-corrected chi connectivity index (χ4v) is 5.82. The van der Waals surface area contributed by atoms with Crippen LogP contribution < -0.4 is 5.73 Å². The van der Waals surface area contributed by atoms with Gasteiger partial charge in [0.1, 0.15) is 0 Å². The third-order valence-corrected chi connectivity index (χ3v) is 7.97. The quantitative estimate of drug-likeness (QED) is 0.577. The SMILES string of the molecule is CC(C(N)=O)N1CCC(n2ncc(C(=O)N3CCCC3c3ccccc3C(F)(F)F)c2C2CC2)CC1.Cl. The summed E-state index contributed by atoms with van der Waals surface area (Å²) < 4.78 is 43.1. The molecule has 37 heavy (non-hydrogen) atoms. The van der Waals surface area contributed by atoms with Gasteiger partial charge < -0.3 is 10.6 Å². The van der Waals surface area contributed by atoms with E-state index in [0.717, 1.165) is 37.4 Å². The summed E-state index contributed by atoms with van der Waals surface area (Å²) in [5.41, 5.74) is 6.38. The topological polar surface area (TPSA) is 84.5 Å². The number of hydrogen-bond donors (Lipinski definition) is 1. The molecule has 1 aromatic heterocycles. The molecule has 2 saturated heterocycles. The number of alkyl halides is 3. The van der Waals surface area contributed by atoms with Crippen LogP contribution in [0.4, 0.5) is 13.2 Å². The number of nitrogens with zero attached hydrogens (tertiary/aromatic N) is 4. The van der Waals surface area contributed by atoms with Crippen molar-refractivity contribution in [3.8, 4) is 0 Å². The fourth-order valence-electron chi connectivity index (χ4n) is 5.82. The fraction of sp³-hybridized carbons (Fsp3) is 0.577. The Kier molecular flexibility index (Phi) is 7.90. The largest absolute Gasteiger partial charge is 0.416 e. The third-order valence-electron chi connectivity index (χ3n) is 7.97.